The number of ether oxygens (including phenoxy) is 5. The molecule has 4 rings (SSSR count). The number of benzene rings is 4. The molecule has 0 spiro atoms. The summed E-state index contributed by atoms with van der Waals surface area (Å²) in [7, 11) is 0. The number of amides is 1. The fraction of sp³-hybridized carbons (Fsp3) is 0.231. The topological polar surface area (TPSA) is 178 Å². The number of hydrogen-bond donors (Lipinski definition) is 3. The maximum Gasteiger partial charge on any atom is 0.546 e. The molecule has 4 aromatic rings. The fourth-order valence-corrected chi connectivity index (χ4v) is 4.77. The van der Waals surface area contributed by atoms with Gasteiger partial charge >= 0.3 is 30.0 Å². The van der Waals surface area contributed by atoms with Crippen molar-refractivity contribution in [3.63, 3.8) is 0 Å². The van der Waals surface area contributed by atoms with Gasteiger partial charge in [-0.1, -0.05) is 97.1 Å². The normalized spacial score (nSPS) is 12.1. The molecule has 0 aliphatic heterocycles. The summed E-state index contributed by atoms with van der Waals surface area (Å²) in [5, 5.41) is 13.2. The lowest BCUT2D eigenvalue weighted by atomic mass is 10.0. The number of nitrogens with one attached hydrogen (secondary N) is 2. The minimum absolute atomic E-state index is 0.0292. The van der Waals surface area contributed by atoms with Crippen molar-refractivity contribution in [3.05, 3.63) is 131 Å². The molecule has 0 fully saturated rings. The number of rotatable bonds is 16. The summed E-state index contributed by atoms with van der Waals surface area (Å²) in [5.41, 5.74) is 2.54. The van der Waals surface area contributed by atoms with E-state index in [2.05, 4.69) is 10.3 Å². The second-order valence-corrected chi connectivity index (χ2v) is 11.5. The Bertz CT molecular complexity index is 1850. The zero-order chi connectivity index (χ0) is 37.3. The van der Waals surface area contributed by atoms with Gasteiger partial charge in [0.2, 0.25) is 6.04 Å². The highest BCUT2D eigenvalue weighted by Gasteiger charge is 2.33. The van der Waals surface area contributed by atoms with Gasteiger partial charge in [0.25, 0.3) is 5.91 Å². The van der Waals surface area contributed by atoms with Crippen molar-refractivity contribution in [1.29, 1.82) is 0 Å². The monoisotopic (exact) mass is 711 g/mol. The van der Waals surface area contributed by atoms with Gasteiger partial charge in [-0.25, -0.2) is 4.79 Å². The lowest BCUT2D eigenvalue weighted by Crippen LogP contribution is -2.84. The third-order valence-corrected chi connectivity index (χ3v) is 7.23. The van der Waals surface area contributed by atoms with E-state index >= 15 is 0 Å². The van der Waals surface area contributed by atoms with Gasteiger partial charge in [-0.15, -0.1) is 0 Å². The molecule has 4 aromatic carbocycles. The Hall–Kier alpha value is -6.50. The maximum atomic E-state index is 13.8. The number of esters is 4. The van der Waals surface area contributed by atoms with Crippen molar-refractivity contribution < 1.29 is 57.8 Å². The van der Waals surface area contributed by atoms with Gasteiger partial charge in [0.1, 0.15) is 32.3 Å². The van der Waals surface area contributed by atoms with Crippen LogP contribution in [0.4, 0.5) is 0 Å². The smallest absolute Gasteiger partial charge is 0.461 e. The minimum atomic E-state index is -1.47. The Balaban J connectivity index is 1.58. The first kappa shape index (κ1) is 38.3. The van der Waals surface area contributed by atoms with Gasteiger partial charge in [0.15, 0.2) is 11.5 Å². The molecule has 13 heteroatoms. The highest BCUT2D eigenvalue weighted by atomic mass is 16.6. The van der Waals surface area contributed by atoms with Crippen LogP contribution in [0.5, 0.6) is 11.5 Å². The first-order chi connectivity index (χ1) is 25.0. The van der Waals surface area contributed by atoms with E-state index in [1.807, 2.05) is 18.2 Å². The van der Waals surface area contributed by atoms with Crippen LogP contribution in [0.25, 0.3) is 0 Å². The molecule has 13 nitrogen and oxygen atoms in total. The van der Waals surface area contributed by atoms with Crippen LogP contribution < -0.4 is 19.8 Å². The summed E-state index contributed by atoms with van der Waals surface area (Å²) < 4.78 is 26.7. The summed E-state index contributed by atoms with van der Waals surface area (Å²) >= 11 is 0. The van der Waals surface area contributed by atoms with Crippen LogP contribution in [-0.4, -0.2) is 53.1 Å². The largest absolute Gasteiger partial charge is 0.546 e. The summed E-state index contributed by atoms with van der Waals surface area (Å²) in [6.45, 7) is 2.14. The third kappa shape index (κ3) is 13.1. The second kappa shape index (κ2) is 19.6. The molecule has 0 saturated carbocycles. The summed E-state index contributed by atoms with van der Waals surface area (Å²) in [4.78, 5) is 66.2. The average molecular weight is 712 g/mol. The molecule has 0 aromatic heterocycles. The van der Waals surface area contributed by atoms with Crippen LogP contribution in [0.3, 0.4) is 0 Å². The average Bonchev–Trinajstić information content (AvgIpc) is 3.13. The first-order valence-corrected chi connectivity index (χ1v) is 16.2. The molecule has 0 saturated heterocycles. The van der Waals surface area contributed by atoms with Gasteiger partial charge in [0, 0.05) is 20.3 Å². The Kier molecular flexibility index (Phi) is 14.5. The van der Waals surface area contributed by atoms with Crippen molar-refractivity contribution in [2.24, 2.45) is 0 Å². The molecular weight excluding hydrogens is 672 g/mol. The van der Waals surface area contributed by atoms with Crippen LogP contribution >= 0.6 is 0 Å². The molecule has 270 valence electrons. The van der Waals surface area contributed by atoms with E-state index in [0.717, 1.165) is 11.1 Å². The predicted molar refractivity (Wildman–Crippen MR) is 185 cm³/mol. The van der Waals surface area contributed by atoms with Gasteiger partial charge in [-0.3, -0.25) is 19.2 Å². The molecule has 2 atom stereocenters. The molecule has 52 heavy (non-hydrogen) atoms. The van der Waals surface area contributed by atoms with Gasteiger partial charge in [0.05, 0.1) is 0 Å². The Labute approximate surface area is 300 Å². The minimum Gasteiger partial charge on any atom is -0.461 e. The molecular formula is C39H39N2O11+. The van der Waals surface area contributed by atoms with Crippen molar-refractivity contribution in [3.8, 4) is 11.5 Å². The maximum absolute atomic E-state index is 13.8. The molecule has 0 aliphatic rings. The van der Waals surface area contributed by atoms with E-state index in [-0.39, 0.29) is 37.7 Å². The molecule has 0 aliphatic carbocycles. The number of carbonyl (C=O) groups is 5. The number of hydrogen-bond acceptors (Lipinski definition) is 10. The lowest BCUT2D eigenvalue weighted by Gasteiger charge is -2.19. The van der Waals surface area contributed by atoms with E-state index in [9.17, 15) is 29.1 Å². The van der Waals surface area contributed by atoms with E-state index in [1.54, 1.807) is 72.8 Å². The van der Waals surface area contributed by atoms with E-state index in [0.29, 0.717) is 11.1 Å². The van der Waals surface area contributed by atoms with Crippen molar-refractivity contribution in [1.82, 2.24) is 5.32 Å². The van der Waals surface area contributed by atoms with Crippen LogP contribution in [0, 0.1) is 0 Å². The number of aliphatic hydroxyl groups excluding tert-OH is 1. The first-order valence-electron chi connectivity index (χ1n) is 16.2. The summed E-state index contributed by atoms with van der Waals surface area (Å²) in [6.07, 6.45) is -1.48. The van der Waals surface area contributed by atoms with E-state index < -0.39 is 54.4 Å². The van der Waals surface area contributed by atoms with Crippen molar-refractivity contribution >= 4 is 35.9 Å². The fourth-order valence-electron chi connectivity index (χ4n) is 4.77. The van der Waals surface area contributed by atoms with Crippen LogP contribution in [0.15, 0.2) is 109 Å². The highest BCUT2D eigenvalue weighted by molar-refractivity contribution is 5.89. The number of carbonyl (C=O) groups excluding carboxylic acids is 5. The standard InChI is InChI=1S/C39H38N2O11/c1-26(42)51-34-19-18-31(21-35(34)52-27(2)43)20-33(38(46)49-24-29-14-8-4-9-15-29)40-37(45)32(22-36(44)48-23-28-12-6-3-7-13-28)41-39(47)50-25-30-16-10-5-11-17-30/h3-19,21,32-33H,20,22-25H2,1-2H3,(H,40,45)(H,41,47)/p+1/t32-,33-/m0/s1. The van der Waals surface area contributed by atoms with Gasteiger partial charge in [-0.05, 0) is 34.4 Å². The lowest BCUT2D eigenvalue weighted by molar-refractivity contribution is -0.506. The molecule has 0 bridgehead atoms. The predicted octanol–water partition coefficient (Wildman–Crippen LogP) is 3.02. The molecule has 3 N–H and O–H groups in total. The summed E-state index contributed by atoms with van der Waals surface area (Å²) in [6, 6.07) is 28.2. The Morgan fingerprint density at radius 3 is 1.67 bits per heavy atom. The Morgan fingerprint density at radius 1 is 0.635 bits per heavy atom. The third-order valence-electron chi connectivity index (χ3n) is 7.23. The zero-order valence-corrected chi connectivity index (χ0v) is 28.6. The van der Waals surface area contributed by atoms with Crippen LogP contribution in [0.2, 0.25) is 0 Å². The quantitative estimate of drug-likeness (QED) is 0.0674. The van der Waals surface area contributed by atoms with Crippen molar-refractivity contribution in [2.45, 2.75) is 58.6 Å². The molecule has 0 unspecified atom stereocenters. The highest BCUT2D eigenvalue weighted by Crippen LogP contribution is 2.29. The van der Waals surface area contributed by atoms with Crippen LogP contribution in [-0.2, 0) is 64.4 Å². The van der Waals surface area contributed by atoms with Crippen molar-refractivity contribution in [2.75, 3.05) is 0 Å². The molecule has 1 amide bonds. The number of aliphatic hydroxyl groups is 1. The van der Waals surface area contributed by atoms with E-state index in [1.165, 1.54) is 32.0 Å². The van der Waals surface area contributed by atoms with E-state index in [4.69, 9.17) is 23.7 Å². The second-order valence-electron chi connectivity index (χ2n) is 11.5. The van der Waals surface area contributed by atoms with Crippen LogP contribution in [0.1, 0.15) is 42.5 Å². The summed E-state index contributed by atoms with van der Waals surface area (Å²) in [5.74, 6) is -3.92. The zero-order valence-electron chi connectivity index (χ0n) is 28.6. The molecule has 0 radical (unpaired) electrons. The molecule has 0 heterocycles. The van der Waals surface area contributed by atoms with Gasteiger partial charge < -0.3 is 34.1 Å². The van der Waals surface area contributed by atoms with Gasteiger partial charge in [-0.2, -0.15) is 4.99 Å². The Morgan fingerprint density at radius 2 is 1.13 bits per heavy atom. The SMILES string of the molecule is CC(=O)Oc1ccc(C[C@H](NC(=O)[C@H](CC(=O)OCc2ccccc2)[NH+]=C(O)OCc2ccccc2)C(=O)OCc2ccccc2)cc1OC(C)=O.